The van der Waals surface area contributed by atoms with Crippen molar-refractivity contribution in [2.75, 3.05) is 26.0 Å². The highest BCUT2D eigenvalue weighted by atomic mass is 16.5. The summed E-state index contributed by atoms with van der Waals surface area (Å²) in [5, 5.41) is 13.9. The fourth-order valence-corrected chi connectivity index (χ4v) is 3.74. The second kappa shape index (κ2) is 9.73. The normalized spacial score (nSPS) is 19.2. The molecule has 0 fully saturated rings. The van der Waals surface area contributed by atoms with Gasteiger partial charge in [0.05, 0.1) is 25.9 Å². The lowest BCUT2D eigenvalue weighted by Gasteiger charge is -2.18. The molecule has 1 aliphatic carbocycles. The molecule has 0 amide bonds. The average Bonchev–Trinajstić information content (AvgIpc) is 3.06. The molecule has 0 spiro atoms. The number of rotatable bonds is 10. The van der Waals surface area contributed by atoms with E-state index in [2.05, 4.69) is 24.0 Å². The lowest BCUT2D eigenvalue weighted by molar-refractivity contribution is 0.0683. The van der Waals surface area contributed by atoms with E-state index in [1.165, 1.54) is 11.1 Å². The van der Waals surface area contributed by atoms with Crippen LogP contribution in [0.15, 0.2) is 55.1 Å². The Balaban J connectivity index is 1.58. The van der Waals surface area contributed by atoms with Crippen LogP contribution < -0.4 is 15.8 Å². The van der Waals surface area contributed by atoms with Crippen molar-refractivity contribution in [1.82, 2.24) is 5.32 Å². The second-order valence-electron chi connectivity index (χ2n) is 7.24. The lowest BCUT2D eigenvalue weighted by atomic mass is 10.0. The van der Waals surface area contributed by atoms with Gasteiger partial charge in [0, 0.05) is 18.3 Å². The average molecular weight is 383 g/mol. The predicted molar refractivity (Wildman–Crippen MR) is 112 cm³/mol. The number of anilines is 1. The van der Waals surface area contributed by atoms with E-state index in [4.69, 9.17) is 15.2 Å². The molecule has 0 unspecified atom stereocenters. The van der Waals surface area contributed by atoms with E-state index in [1.54, 1.807) is 13.2 Å². The van der Waals surface area contributed by atoms with Gasteiger partial charge in [-0.15, -0.1) is 6.58 Å². The SMILES string of the molecule is C=CCO[C@H]1C[C@@H](NC[C@H](O)CCc2cccc(N)c2)c2cc(OC)ccc21. The Morgan fingerprint density at radius 3 is 2.89 bits per heavy atom. The number of aliphatic hydroxyl groups excluding tert-OH is 1. The van der Waals surface area contributed by atoms with E-state index in [1.807, 2.05) is 30.3 Å². The molecular weight excluding hydrogens is 352 g/mol. The van der Waals surface area contributed by atoms with E-state index in [0.29, 0.717) is 19.6 Å². The summed E-state index contributed by atoms with van der Waals surface area (Å²) in [6.07, 6.45) is 3.69. The number of nitrogens with one attached hydrogen (secondary N) is 1. The Bertz CT molecular complexity index is 793. The molecule has 3 rings (SSSR count). The number of hydrogen-bond acceptors (Lipinski definition) is 5. The van der Waals surface area contributed by atoms with Crippen molar-refractivity contribution in [3.63, 3.8) is 0 Å². The van der Waals surface area contributed by atoms with E-state index in [9.17, 15) is 5.11 Å². The zero-order chi connectivity index (χ0) is 19.9. The van der Waals surface area contributed by atoms with Crippen molar-refractivity contribution >= 4 is 5.69 Å². The van der Waals surface area contributed by atoms with Crippen LogP contribution in [0.3, 0.4) is 0 Å². The van der Waals surface area contributed by atoms with Crippen molar-refractivity contribution in [3.05, 3.63) is 71.8 Å². The molecule has 2 aromatic rings. The molecule has 0 heterocycles. The minimum atomic E-state index is -0.427. The summed E-state index contributed by atoms with van der Waals surface area (Å²) < 4.78 is 11.3. The van der Waals surface area contributed by atoms with Crippen LogP contribution in [0, 0.1) is 0 Å². The molecule has 0 radical (unpaired) electrons. The first kappa shape index (κ1) is 20.4. The van der Waals surface area contributed by atoms with E-state index in [-0.39, 0.29) is 12.1 Å². The standard InChI is InChI=1S/C23H30N2O3/c1-3-11-28-23-14-22(21-13-19(27-2)9-10-20(21)23)25-15-18(26)8-7-16-5-4-6-17(24)12-16/h3-6,9-10,12-13,18,22-23,25-26H,1,7-8,11,14-15,24H2,2H3/t18-,22-,23+/m1/s1. The van der Waals surface area contributed by atoms with E-state index in [0.717, 1.165) is 29.8 Å². The number of methoxy groups -OCH3 is 1. The zero-order valence-electron chi connectivity index (χ0n) is 16.4. The summed E-state index contributed by atoms with van der Waals surface area (Å²) in [6, 6.07) is 14.0. The fraction of sp³-hybridized carbons (Fsp3) is 0.391. The Hall–Kier alpha value is -2.34. The number of ether oxygens (including phenoxy) is 2. The second-order valence-corrected chi connectivity index (χ2v) is 7.24. The number of nitrogen functional groups attached to an aromatic ring is 1. The van der Waals surface area contributed by atoms with E-state index >= 15 is 0 Å². The summed E-state index contributed by atoms with van der Waals surface area (Å²) in [5.74, 6) is 0.831. The van der Waals surface area contributed by atoms with Crippen LogP contribution in [0.1, 0.15) is 41.7 Å². The van der Waals surface area contributed by atoms with Crippen molar-refractivity contribution in [1.29, 1.82) is 0 Å². The largest absolute Gasteiger partial charge is 0.497 e. The molecule has 5 heteroatoms. The first-order valence-electron chi connectivity index (χ1n) is 9.77. The predicted octanol–water partition coefficient (Wildman–Crippen LogP) is 3.55. The van der Waals surface area contributed by atoms with Crippen LogP contribution in [-0.2, 0) is 11.2 Å². The highest BCUT2D eigenvalue weighted by molar-refractivity contribution is 5.43. The van der Waals surface area contributed by atoms with Crippen molar-refractivity contribution in [2.45, 2.75) is 37.5 Å². The van der Waals surface area contributed by atoms with Gasteiger partial charge in [-0.1, -0.05) is 24.3 Å². The van der Waals surface area contributed by atoms with E-state index < -0.39 is 6.10 Å². The molecule has 3 atom stereocenters. The maximum atomic E-state index is 10.4. The molecule has 2 aromatic carbocycles. The fourth-order valence-electron chi connectivity index (χ4n) is 3.74. The maximum absolute atomic E-state index is 10.4. The Morgan fingerprint density at radius 1 is 1.29 bits per heavy atom. The first-order chi connectivity index (χ1) is 13.6. The van der Waals surface area contributed by atoms with Crippen LogP contribution in [0.4, 0.5) is 5.69 Å². The van der Waals surface area contributed by atoms with Crippen molar-refractivity contribution in [2.24, 2.45) is 0 Å². The van der Waals surface area contributed by atoms with Crippen LogP contribution in [0.5, 0.6) is 5.75 Å². The minimum Gasteiger partial charge on any atom is -0.497 e. The van der Waals surface area contributed by atoms with Gasteiger partial charge >= 0.3 is 0 Å². The Morgan fingerprint density at radius 2 is 2.14 bits per heavy atom. The highest BCUT2D eigenvalue weighted by Gasteiger charge is 2.31. The minimum absolute atomic E-state index is 0.0286. The number of nitrogens with two attached hydrogens (primary N) is 1. The number of aryl methyl sites for hydroxylation is 1. The maximum Gasteiger partial charge on any atom is 0.119 e. The molecule has 4 N–H and O–H groups in total. The molecule has 0 aliphatic heterocycles. The molecule has 0 saturated heterocycles. The Labute approximate surface area is 167 Å². The molecule has 150 valence electrons. The first-order valence-corrected chi connectivity index (χ1v) is 9.77. The van der Waals surface area contributed by atoms with Gasteiger partial charge in [0.25, 0.3) is 0 Å². The molecule has 0 bridgehead atoms. The molecule has 5 nitrogen and oxygen atoms in total. The lowest BCUT2D eigenvalue weighted by Crippen LogP contribution is -2.30. The summed E-state index contributed by atoms with van der Waals surface area (Å²) >= 11 is 0. The topological polar surface area (TPSA) is 76.7 Å². The summed E-state index contributed by atoms with van der Waals surface area (Å²) in [4.78, 5) is 0. The number of aliphatic hydroxyl groups is 1. The third-order valence-electron chi connectivity index (χ3n) is 5.20. The van der Waals surface area contributed by atoms with Crippen LogP contribution in [0.2, 0.25) is 0 Å². The van der Waals surface area contributed by atoms with Gasteiger partial charge in [-0.2, -0.15) is 0 Å². The van der Waals surface area contributed by atoms with Crippen LogP contribution in [-0.4, -0.2) is 31.5 Å². The van der Waals surface area contributed by atoms with Gasteiger partial charge in [-0.3, -0.25) is 0 Å². The molecule has 0 aromatic heterocycles. The third-order valence-corrected chi connectivity index (χ3v) is 5.20. The summed E-state index contributed by atoms with van der Waals surface area (Å²) in [7, 11) is 1.67. The van der Waals surface area contributed by atoms with Gasteiger partial charge in [-0.05, 0) is 60.2 Å². The Kier molecular flexibility index (Phi) is 7.09. The monoisotopic (exact) mass is 382 g/mol. The van der Waals surface area contributed by atoms with Crippen molar-refractivity contribution in [3.8, 4) is 5.75 Å². The van der Waals surface area contributed by atoms with Gasteiger partial charge < -0.3 is 25.6 Å². The molecule has 1 aliphatic rings. The van der Waals surface area contributed by atoms with Crippen LogP contribution in [0.25, 0.3) is 0 Å². The van der Waals surface area contributed by atoms with Gasteiger partial charge in [0.15, 0.2) is 0 Å². The molecular formula is C23H30N2O3. The summed E-state index contributed by atoms with van der Waals surface area (Å²) in [6.45, 7) is 4.78. The quantitative estimate of drug-likeness (QED) is 0.433. The third kappa shape index (κ3) is 5.13. The number of fused-ring (bicyclic) bond motifs is 1. The number of benzene rings is 2. The van der Waals surface area contributed by atoms with Crippen LogP contribution >= 0.6 is 0 Å². The number of hydrogen-bond donors (Lipinski definition) is 3. The zero-order valence-corrected chi connectivity index (χ0v) is 16.4. The van der Waals surface area contributed by atoms with Gasteiger partial charge in [-0.25, -0.2) is 0 Å². The molecule has 0 saturated carbocycles. The van der Waals surface area contributed by atoms with Crippen molar-refractivity contribution < 1.29 is 14.6 Å². The van der Waals surface area contributed by atoms with Gasteiger partial charge in [0.2, 0.25) is 0 Å². The molecule has 28 heavy (non-hydrogen) atoms. The van der Waals surface area contributed by atoms with Gasteiger partial charge in [0.1, 0.15) is 5.75 Å². The smallest absolute Gasteiger partial charge is 0.119 e. The highest BCUT2D eigenvalue weighted by Crippen LogP contribution is 2.42. The summed E-state index contributed by atoms with van der Waals surface area (Å²) in [5.41, 5.74) is 10.1.